The van der Waals surface area contributed by atoms with Gasteiger partial charge in [-0.1, -0.05) is 33.6 Å². The van der Waals surface area contributed by atoms with Gasteiger partial charge in [0, 0.05) is 12.2 Å². The van der Waals surface area contributed by atoms with Crippen molar-refractivity contribution in [1.29, 1.82) is 0 Å². The smallest absolute Gasteiger partial charge is 0.331 e. The Balaban J connectivity index is 4.49. The number of aliphatic carboxylic acids is 1. The van der Waals surface area contributed by atoms with Crippen LogP contribution in [0.15, 0.2) is 12.2 Å². The van der Waals surface area contributed by atoms with E-state index in [0.29, 0.717) is 0 Å². The Bertz CT molecular complexity index is 290. The molecule has 0 heterocycles. The fourth-order valence-corrected chi connectivity index (χ4v) is 1.88. The van der Waals surface area contributed by atoms with Gasteiger partial charge >= 0.3 is 11.9 Å². The molecular formula is C14H24O4. The summed E-state index contributed by atoms with van der Waals surface area (Å²) in [6.07, 6.45) is 7.38. The van der Waals surface area contributed by atoms with Crippen LogP contribution in [0.2, 0.25) is 0 Å². The highest BCUT2D eigenvalue weighted by molar-refractivity contribution is 5.90. The largest absolute Gasteiger partial charge is 0.478 e. The fourth-order valence-electron chi connectivity index (χ4n) is 1.88. The summed E-state index contributed by atoms with van der Waals surface area (Å²) in [4.78, 5) is 21.9. The molecule has 0 aromatic heterocycles. The van der Waals surface area contributed by atoms with E-state index in [-0.39, 0.29) is 0 Å². The maximum absolute atomic E-state index is 11.5. The molecule has 0 rings (SSSR count). The van der Waals surface area contributed by atoms with Crippen molar-refractivity contribution in [3.05, 3.63) is 12.2 Å². The first kappa shape index (κ1) is 16.7. The van der Waals surface area contributed by atoms with Gasteiger partial charge in [-0.2, -0.15) is 0 Å². The molecule has 0 bridgehead atoms. The summed E-state index contributed by atoms with van der Waals surface area (Å²) >= 11 is 0. The minimum absolute atomic E-state index is 0.449. The second kappa shape index (κ2) is 8.72. The van der Waals surface area contributed by atoms with Crippen molar-refractivity contribution in [2.45, 2.75) is 64.9 Å². The van der Waals surface area contributed by atoms with Gasteiger partial charge in [0.05, 0.1) is 0 Å². The summed E-state index contributed by atoms with van der Waals surface area (Å²) in [5.74, 6) is -1.71. The second-order valence-corrected chi connectivity index (χ2v) is 4.44. The first-order valence-corrected chi connectivity index (χ1v) is 6.63. The summed E-state index contributed by atoms with van der Waals surface area (Å²) in [6, 6.07) is 0. The standard InChI is InChI=1S/C14H24O4/c1-4-7-8-11-14(5-2,6-3)18-13(17)10-9-12(15)16/h9-10H,4-8,11H2,1-3H3,(H,15,16)/b10-9-. The maximum Gasteiger partial charge on any atom is 0.331 e. The van der Waals surface area contributed by atoms with Gasteiger partial charge in [-0.05, 0) is 25.7 Å². The number of unbranched alkanes of at least 4 members (excludes halogenated alkanes) is 2. The predicted molar refractivity (Wildman–Crippen MR) is 70.3 cm³/mol. The molecule has 0 aliphatic carbocycles. The molecule has 0 aromatic rings. The minimum atomic E-state index is -1.14. The number of hydrogen-bond acceptors (Lipinski definition) is 3. The van der Waals surface area contributed by atoms with E-state index in [1.807, 2.05) is 13.8 Å². The van der Waals surface area contributed by atoms with E-state index in [1.54, 1.807) is 0 Å². The van der Waals surface area contributed by atoms with Crippen LogP contribution in [0.5, 0.6) is 0 Å². The molecule has 0 saturated heterocycles. The van der Waals surface area contributed by atoms with Crippen molar-refractivity contribution in [3.63, 3.8) is 0 Å². The van der Waals surface area contributed by atoms with Crippen molar-refractivity contribution in [2.24, 2.45) is 0 Å². The fraction of sp³-hybridized carbons (Fsp3) is 0.714. The van der Waals surface area contributed by atoms with Crippen LogP contribution in [0.1, 0.15) is 59.3 Å². The lowest BCUT2D eigenvalue weighted by atomic mass is 9.90. The van der Waals surface area contributed by atoms with E-state index in [0.717, 1.165) is 50.7 Å². The van der Waals surface area contributed by atoms with Crippen LogP contribution in [-0.4, -0.2) is 22.6 Å². The summed E-state index contributed by atoms with van der Waals surface area (Å²) in [7, 11) is 0. The number of ether oxygens (including phenoxy) is 1. The number of carboxylic acid groups (broad SMARTS) is 1. The van der Waals surface area contributed by atoms with Gasteiger partial charge in [0.2, 0.25) is 0 Å². The van der Waals surface area contributed by atoms with Crippen molar-refractivity contribution in [3.8, 4) is 0 Å². The number of rotatable bonds is 9. The minimum Gasteiger partial charge on any atom is -0.478 e. The summed E-state index contributed by atoms with van der Waals surface area (Å²) in [5, 5.41) is 8.45. The SMILES string of the molecule is CCCCCC(CC)(CC)OC(=O)/C=C\C(=O)O. The van der Waals surface area contributed by atoms with Gasteiger partial charge < -0.3 is 9.84 Å². The zero-order chi connectivity index (χ0) is 14.0. The van der Waals surface area contributed by atoms with Gasteiger partial charge in [0.1, 0.15) is 5.60 Å². The second-order valence-electron chi connectivity index (χ2n) is 4.44. The number of hydrogen-bond donors (Lipinski definition) is 1. The van der Waals surface area contributed by atoms with Crippen molar-refractivity contribution in [1.82, 2.24) is 0 Å². The van der Waals surface area contributed by atoms with E-state index >= 15 is 0 Å². The Morgan fingerprint density at radius 3 is 2.17 bits per heavy atom. The molecule has 1 N–H and O–H groups in total. The van der Waals surface area contributed by atoms with Crippen LogP contribution in [0.25, 0.3) is 0 Å². The van der Waals surface area contributed by atoms with Crippen molar-refractivity contribution in [2.75, 3.05) is 0 Å². The molecule has 4 nitrogen and oxygen atoms in total. The molecule has 0 aliphatic heterocycles. The molecule has 0 spiro atoms. The highest BCUT2D eigenvalue weighted by atomic mass is 16.6. The van der Waals surface area contributed by atoms with E-state index in [4.69, 9.17) is 9.84 Å². The number of carbonyl (C=O) groups excluding carboxylic acids is 1. The molecule has 0 aliphatic rings. The van der Waals surface area contributed by atoms with Gasteiger partial charge in [-0.3, -0.25) is 0 Å². The molecule has 0 aromatic carbocycles. The molecule has 0 amide bonds. The zero-order valence-corrected chi connectivity index (χ0v) is 11.6. The Morgan fingerprint density at radius 2 is 1.72 bits per heavy atom. The highest BCUT2D eigenvalue weighted by Gasteiger charge is 2.29. The van der Waals surface area contributed by atoms with Crippen LogP contribution in [0, 0.1) is 0 Å². The molecular weight excluding hydrogens is 232 g/mol. The van der Waals surface area contributed by atoms with Crippen LogP contribution in [0.4, 0.5) is 0 Å². The third kappa shape index (κ3) is 6.42. The molecule has 0 atom stereocenters. The summed E-state index contributed by atoms with van der Waals surface area (Å²) in [6.45, 7) is 6.11. The summed E-state index contributed by atoms with van der Waals surface area (Å²) < 4.78 is 5.44. The molecule has 0 fully saturated rings. The van der Waals surface area contributed by atoms with Gasteiger partial charge in [-0.25, -0.2) is 9.59 Å². The first-order valence-electron chi connectivity index (χ1n) is 6.63. The average Bonchev–Trinajstić information content (AvgIpc) is 2.35. The first-order chi connectivity index (χ1) is 8.49. The zero-order valence-electron chi connectivity index (χ0n) is 11.6. The van der Waals surface area contributed by atoms with Crippen LogP contribution in [0.3, 0.4) is 0 Å². The number of carbonyl (C=O) groups is 2. The maximum atomic E-state index is 11.5. The Kier molecular flexibility index (Phi) is 8.08. The van der Waals surface area contributed by atoms with Crippen LogP contribution < -0.4 is 0 Å². The molecule has 104 valence electrons. The lowest BCUT2D eigenvalue weighted by molar-refractivity contribution is -0.155. The van der Waals surface area contributed by atoms with Crippen molar-refractivity contribution < 1.29 is 19.4 Å². The number of esters is 1. The van der Waals surface area contributed by atoms with E-state index in [9.17, 15) is 9.59 Å². The topological polar surface area (TPSA) is 63.6 Å². The van der Waals surface area contributed by atoms with Gasteiger partial charge in [-0.15, -0.1) is 0 Å². The Hall–Kier alpha value is -1.32. The normalized spacial score (nSPS) is 11.7. The quantitative estimate of drug-likeness (QED) is 0.390. The Morgan fingerprint density at radius 1 is 1.11 bits per heavy atom. The van der Waals surface area contributed by atoms with E-state index in [1.165, 1.54) is 0 Å². The summed E-state index contributed by atoms with van der Waals surface area (Å²) in [5.41, 5.74) is -0.449. The van der Waals surface area contributed by atoms with Crippen LogP contribution >= 0.6 is 0 Å². The lowest BCUT2D eigenvalue weighted by Crippen LogP contribution is -2.33. The molecule has 18 heavy (non-hydrogen) atoms. The van der Waals surface area contributed by atoms with Gasteiger partial charge in [0.15, 0.2) is 0 Å². The average molecular weight is 256 g/mol. The van der Waals surface area contributed by atoms with Crippen molar-refractivity contribution >= 4 is 11.9 Å². The molecule has 0 saturated carbocycles. The third-order valence-corrected chi connectivity index (χ3v) is 3.20. The lowest BCUT2D eigenvalue weighted by Gasteiger charge is -2.31. The van der Waals surface area contributed by atoms with E-state index < -0.39 is 17.5 Å². The molecule has 4 heteroatoms. The third-order valence-electron chi connectivity index (χ3n) is 3.20. The molecule has 0 unspecified atom stereocenters. The number of carboxylic acids is 1. The Labute approximate surface area is 109 Å². The van der Waals surface area contributed by atoms with Crippen LogP contribution in [-0.2, 0) is 14.3 Å². The predicted octanol–water partition coefficient (Wildman–Crippen LogP) is 3.31. The molecule has 0 radical (unpaired) electrons. The van der Waals surface area contributed by atoms with E-state index in [2.05, 4.69) is 6.92 Å². The highest BCUT2D eigenvalue weighted by Crippen LogP contribution is 2.27. The van der Waals surface area contributed by atoms with Gasteiger partial charge in [0.25, 0.3) is 0 Å². The monoisotopic (exact) mass is 256 g/mol.